The van der Waals surface area contributed by atoms with E-state index in [9.17, 15) is 0 Å². The van der Waals surface area contributed by atoms with Crippen LogP contribution < -0.4 is 5.32 Å². The number of fused-ring (bicyclic) bond motifs is 1. The minimum atomic E-state index is -0.141. The summed E-state index contributed by atoms with van der Waals surface area (Å²) in [7, 11) is 0. The molecule has 0 aliphatic carbocycles. The number of nitrogens with zero attached hydrogens (tertiary/aromatic N) is 3. The lowest BCUT2D eigenvalue weighted by atomic mass is 10.0. The zero-order valence-corrected chi connectivity index (χ0v) is 11.9. The van der Waals surface area contributed by atoms with Crippen molar-refractivity contribution in [2.75, 3.05) is 6.54 Å². The molecule has 0 aliphatic rings. The highest BCUT2D eigenvalue weighted by Crippen LogP contribution is 2.27. The van der Waals surface area contributed by atoms with Crippen molar-refractivity contribution in [3.05, 3.63) is 24.3 Å². The fourth-order valence-corrected chi connectivity index (χ4v) is 2.44. The Bertz CT molecular complexity index is 540. The summed E-state index contributed by atoms with van der Waals surface area (Å²) >= 11 is 0. The standard InChI is InChI=1S/C14H22N4/c1-6-16-14(4,5)13-17-11-9-15-8-7-12(11)18(13)10(2)3/h7-10,16H,6H2,1-5H3. The van der Waals surface area contributed by atoms with E-state index in [-0.39, 0.29) is 5.54 Å². The highest BCUT2D eigenvalue weighted by Gasteiger charge is 2.27. The molecule has 2 heterocycles. The van der Waals surface area contributed by atoms with Crippen LogP contribution in [0.2, 0.25) is 0 Å². The molecule has 0 saturated heterocycles. The van der Waals surface area contributed by atoms with Crippen molar-refractivity contribution in [3.8, 4) is 0 Å². The van der Waals surface area contributed by atoms with Crippen LogP contribution in [0.5, 0.6) is 0 Å². The summed E-state index contributed by atoms with van der Waals surface area (Å²) in [6.07, 6.45) is 3.66. The van der Waals surface area contributed by atoms with E-state index >= 15 is 0 Å². The van der Waals surface area contributed by atoms with Gasteiger partial charge in [0.1, 0.15) is 11.3 Å². The van der Waals surface area contributed by atoms with Crippen molar-refractivity contribution in [1.29, 1.82) is 0 Å². The maximum atomic E-state index is 4.76. The minimum Gasteiger partial charge on any atom is -0.324 e. The monoisotopic (exact) mass is 246 g/mol. The molecule has 0 atom stereocenters. The Morgan fingerprint density at radius 1 is 1.39 bits per heavy atom. The second kappa shape index (κ2) is 4.69. The molecule has 2 aromatic heterocycles. The first kappa shape index (κ1) is 13.0. The Balaban J connectivity index is 2.66. The van der Waals surface area contributed by atoms with Gasteiger partial charge in [-0.25, -0.2) is 4.98 Å². The fraction of sp³-hybridized carbons (Fsp3) is 0.571. The minimum absolute atomic E-state index is 0.141. The lowest BCUT2D eigenvalue weighted by Gasteiger charge is -2.27. The van der Waals surface area contributed by atoms with Crippen LogP contribution in [0.15, 0.2) is 18.5 Å². The SMILES string of the molecule is CCNC(C)(C)c1nc2cnccc2n1C(C)C. The predicted octanol–water partition coefficient (Wildman–Crippen LogP) is 2.86. The zero-order chi connectivity index (χ0) is 13.3. The van der Waals surface area contributed by atoms with Crippen molar-refractivity contribution >= 4 is 11.0 Å². The summed E-state index contributed by atoms with van der Waals surface area (Å²) in [5.74, 6) is 1.07. The van der Waals surface area contributed by atoms with Gasteiger partial charge in [-0.1, -0.05) is 6.92 Å². The third kappa shape index (κ3) is 2.12. The van der Waals surface area contributed by atoms with Gasteiger partial charge in [-0.2, -0.15) is 0 Å². The summed E-state index contributed by atoms with van der Waals surface area (Å²) < 4.78 is 2.29. The molecule has 4 nitrogen and oxygen atoms in total. The van der Waals surface area contributed by atoms with Crippen molar-refractivity contribution < 1.29 is 0 Å². The summed E-state index contributed by atoms with van der Waals surface area (Å²) in [5, 5.41) is 3.49. The summed E-state index contributed by atoms with van der Waals surface area (Å²) in [6, 6.07) is 2.42. The van der Waals surface area contributed by atoms with Gasteiger partial charge in [0.15, 0.2) is 0 Å². The van der Waals surface area contributed by atoms with Gasteiger partial charge in [0.2, 0.25) is 0 Å². The van der Waals surface area contributed by atoms with Crippen LogP contribution in [0.4, 0.5) is 0 Å². The van der Waals surface area contributed by atoms with Crippen molar-refractivity contribution in [1.82, 2.24) is 19.9 Å². The van der Waals surface area contributed by atoms with Crippen molar-refractivity contribution in [2.45, 2.75) is 46.2 Å². The molecule has 2 aromatic rings. The van der Waals surface area contributed by atoms with E-state index < -0.39 is 0 Å². The molecule has 0 fully saturated rings. The third-order valence-corrected chi connectivity index (χ3v) is 3.19. The number of imidazole rings is 1. The quantitative estimate of drug-likeness (QED) is 0.902. The number of hydrogen-bond acceptors (Lipinski definition) is 3. The first-order valence-electron chi connectivity index (χ1n) is 6.55. The first-order chi connectivity index (χ1) is 8.47. The van der Waals surface area contributed by atoms with E-state index in [0.717, 1.165) is 23.4 Å². The number of rotatable bonds is 4. The average Bonchev–Trinajstić information content (AvgIpc) is 2.68. The Labute approximate surface area is 108 Å². The second-order valence-corrected chi connectivity index (χ2v) is 5.42. The van der Waals surface area contributed by atoms with Crippen LogP contribution in [-0.4, -0.2) is 21.1 Å². The van der Waals surface area contributed by atoms with Gasteiger partial charge in [0.05, 0.1) is 17.3 Å². The zero-order valence-electron chi connectivity index (χ0n) is 11.9. The van der Waals surface area contributed by atoms with Crippen LogP contribution in [0.1, 0.15) is 46.5 Å². The topological polar surface area (TPSA) is 42.7 Å². The highest BCUT2D eigenvalue weighted by atomic mass is 15.2. The highest BCUT2D eigenvalue weighted by molar-refractivity contribution is 5.75. The van der Waals surface area contributed by atoms with E-state index in [1.807, 2.05) is 18.5 Å². The number of nitrogens with one attached hydrogen (secondary N) is 1. The van der Waals surface area contributed by atoms with Gasteiger partial charge in [0, 0.05) is 12.2 Å². The molecular formula is C14H22N4. The molecular weight excluding hydrogens is 224 g/mol. The lowest BCUT2D eigenvalue weighted by Crippen LogP contribution is -2.39. The molecule has 98 valence electrons. The summed E-state index contributed by atoms with van der Waals surface area (Å²) in [5.41, 5.74) is 1.98. The predicted molar refractivity (Wildman–Crippen MR) is 74.6 cm³/mol. The molecule has 18 heavy (non-hydrogen) atoms. The molecule has 0 radical (unpaired) electrons. The average molecular weight is 246 g/mol. The first-order valence-corrected chi connectivity index (χ1v) is 6.55. The Morgan fingerprint density at radius 3 is 2.72 bits per heavy atom. The van der Waals surface area contributed by atoms with Gasteiger partial charge in [-0.3, -0.25) is 4.98 Å². The molecule has 0 unspecified atom stereocenters. The molecule has 0 amide bonds. The summed E-state index contributed by atoms with van der Waals surface area (Å²) in [4.78, 5) is 8.92. The van der Waals surface area contributed by atoms with Crippen molar-refractivity contribution in [3.63, 3.8) is 0 Å². The van der Waals surface area contributed by atoms with Crippen LogP contribution in [0.3, 0.4) is 0 Å². The molecule has 4 heteroatoms. The number of aromatic nitrogens is 3. The van der Waals surface area contributed by atoms with E-state index in [4.69, 9.17) is 4.98 Å². The van der Waals surface area contributed by atoms with Crippen LogP contribution in [0, 0.1) is 0 Å². The lowest BCUT2D eigenvalue weighted by molar-refractivity contribution is 0.367. The van der Waals surface area contributed by atoms with Crippen LogP contribution >= 0.6 is 0 Å². The van der Waals surface area contributed by atoms with E-state index in [2.05, 4.69) is 49.5 Å². The Morgan fingerprint density at radius 2 is 2.11 bits per heavy atom. The largest absolute Gasteiger partial charge is 0.324 e. The Kier molecular flexibility index (Phi) is 3.39. The van der Waals surface area contributed by atoms with Crippen LogP contribution in [-0.2, 0) is 5.54 Å². The molecule has 0 aliphatic heterocycles. The maximum absolute atomic E-state index is 4.76. The van der Waals surface area contributed by atoms with Gasteiger partial charge in [-0.15, -0.1) is 0 Å². The Hall–Kier alpha value is -1.42. The van der Waals surface area contributed by atoms with Gasteiger partial charge in [-0.05, 0) is 40.3 Å². The van der Waals surface area contributed by atoms with Crippen LogP contribution in [0.25, 0.3) is 11.0 Å². The molecule has 0 spiro atoms. The van der Waals surface area contributed by atoms with Gasteiger partial charge < -0.3 is 9.88 Å². The number of hydrogen-bond donors (Lipinski definition) is 1. The fourth-order valence-electron chi connectivity index (χ4n) is 2.44. The number of pyridine rings is 1. The molecule has 1 N–H and O–H groups in total. The summed E-state index contributed by atoms with van der Waals surface area (Å²) in [6.45, 7) is 11.8. The van der Waals surface area contributed by atoms with Gasteiger partial charge >= 0.3 is 0 Å². The van der Waals surface area contributed by atoms with E-state index in [1.54, 1.807) is 0 Å². The third-order valence-electron chi connectivity index (χ3n) is 3.19. The van der Waals surface area contributed by atoms with Gasteiger partial charge in [0.25, 0.3) is 0 Å². The molecule has 0 saturated carbocycles. The normalized spacial score (nSPS) is 12.6. The van der Waals surface area contributed by atoms with Crippen molar-refractivity contribution in [2.24, 2.45) is 0 Å². The second-order valence-electron chi connectivity index (χ2n) is 5.42. The smallest absolute Gasteiger partial charge is 0.130 e. The maximum Gasteiger partial charge on any atom is 0.130 e. The van der Waals surface area contributed by atoms with E-state index in [1.165, 1.54) is 0 Å². The molecule has 2 rings (SSSR count). The molecule has 0 aromatic carbocycles. The van der Waals surface area contributed by atoms with E-state index in [0.29, 0.717) is 6.04 Å². The molecule has 0 bridgehead atoms.